The zero-order valence-electron chi connectivity index (χ0n) is 14.8. The SMILES string of the molecule is Oc1ccc(Oc2ccc(CCNC[C@H](O)c3cccc(Cl)c3)cc2)cc1. The van der Waals surface area contributed by atoms with Gasteiger partial charge >= 0.3 is 0 Å². The van der Waals surface area contributed by atoms with Crippen LogP contribution in [0.3, 0.4) is 0 Å². The molecule has 0 bridgehead atoms. The van der Waals surface area contributed by atoms with Crippen LogP contribution < -0.4 is 10.1 Å². The van der Waals surface area contributed by atoms with Crippen LogP contribution in [0.2, 0.25) is 5.02 Å². The zero-order valence-corrected chi connectivity index (χ0v) is 15.6. The molecule has 1 atom stereocenters. The van der Waals surface area contributed by atoms with Crippen LogP contribution in [-0.2, 0) is 6.42 Å². The number of rotatable bonds is 8. The van der Waals surface area contributed by atoms with Gasteiger partial charge in [0.15, 0.2) is 0 Å². The molecule has 0 fully saturated rings. The second-order valence-electron chi connectivity index (χ2n) is 6.26. The summed E-state index contributed by atoms with van der Waals surface area (Å²) in [5.74, 6) is 1.64. The molecule has 0 radical (unpaired) electrons. The van der Waals surface area contributed by atoms with Gasteiger partial charge in [0.25, 0.3) is 0 Å². The van der Waals surface area contributed by atoms with Gasteiger partial charge in [0.1, 0.15) is 17.2 Å². The van der Waals surface area contributed by atoms with Gasteiger partial charge in [0.05, 0.1) is 6.10 Å². The third-order valence-corrected chi connectivity index (χ3v) is 4.39. The molecule has 0 amide bonds. The largest absolute Gasteiger partial charge is 0.508 e. The first kappa shape index (κ1) is 19.2. The van der Waals surface area contributed by atoms with E-state index in [1.54, 1.807) is 36.4 Å². The van der Waals surface area contributed by atoms with Crippen LogP contribution in [0.4, 0.5) is 0 Å². The van der Waals surface area contributed by atoms with Crippen molar-refractivity contribution in [1.29, 1.82) is 0 Å². The highest BCUT2D eigenvalue weighted by atomic mass is 35.5. The molecule has 0 aromatic heterocycles. The van der Waals surface area contributed by atoms with Crippen LogP contribution in [0.25, 0.3) is 0 Å². The van der Waals surface area contributed by atoms with E-state index in [0.717, 1.165) is 24.3 Å². The van der Waals surface area contributed by atoms with Crippen molar-refractivity contribution in [3.63, 3.8) is 0 Å². The minimum absolute atomic E-state index is 0.214. The maximum atomic E-state index is 10.2. The fraction of sp³-hybridized carbons (Fsp3) is 0.182. The van der Waals surface area contributed by atoms with Crippen LogP contribution in [0.5, 0.6) is 17.2 Å². The van der Waals surface area contributed by atoms with Crippen LogP contribution in [-0.4, -0.2) is 23.3 Å². The summed E-state index contributed by atoms with van der Waals surface area (Å²) in [5.41, 5.74) is 1.99. The van der Waals surface area contributed by atoms with Crippen LogP contribution >= 0.6 is 11.6 Å². The average molecular weight is 384 g/mol. The summed E-state index contributed by atoms with van der Waals surface area (Å²) < 4.78 is 5.73. The van der Waals surface area contributed by atoms with E-state index in [1.165, 1.54) is 5.56 Å². The number of halogens is 1. The average Bonchev–Trinajstić information content (AvgIpc) is 2.68. The lowest BCUT2D eigenvalue weighted by molar-refractivity contribution is 0.175. The highest BCUT2D eigenvalue weighted by molar-refractivity contribution is 6.30. The van der Waals surface area contributed by atoms with Crippen molar-refractivity contribution in [2.75, 3.05) is 13.1 Å². The molecule has 0 spiro atoms. The van der Waals surface area contributed by atoms with Crippen molar-refractivity contribution >= 4 is 11.6 Å². The summed E-state index contributed by atoms with van der Waals surface area (Å²) in [6.45, 7) is 1.23. The number of aliphatic hydroxyl groups excluding tert-OH is 1. The van der Waals surface area contributed by atoms with Crippen LogP contribution in [0, 0.1) is 0 Å². The molecular weight excluding hydrogens is 362 g/mol. The molecule has 3 aromatic rings. The highest BCUT2D eigenvalue weighted by Gasteiger charge is 2.07. The van der Waals surface area contributed by atoms with E-state index in [9.17, 15) is 10.2 Å². The van der Waals surface area contributed by atoms with Crippen molar-refractivity contribution < 1.29 is 14.9 Å². The number of nitrogens with one attached hydrogen (secondary N) is 1. The van der Waals surface area contributed by atoms with Crippen molar-refractivity contribution in [2.24, 2.45) is 0 Å². The molecule has 0 aliphatic carbocycles. The minimum atomic E-state index is -0.579. The lowest BCUT2D eigenvalue weighted by Crippen LogP contribution is -2.23. The van der Waals surface area contributed by atoms with Gasteiger partial charge in [0.2, 0.25) is 0 Å². The second kappa shape index (κ2) is 9.42. The monoisotopic (exact) mass is 383 g/mol. The first-order chi connectivity index (χ1) is 13.1. The molecule has 4 nitrogen and oxygen atoms in total. The van der Waals surface area contributed by atoms with Crippen LogP contribution in [0.1, 0.15) is 17.2 Å². The standard InChI is InChI=1S/C22H22ClNO3/c23-18-3-1-2-17(14-18)22(26)15-24-13-12-16-4-8-20(9-5-16)27-21-10-6-19(25)7-11-21/h1-11,14,22,24-26H,12-13,15H2/t22-/m0/s1. The van der Waals surface area contributed by atoms with Crippen molar-refractivity contribution in [3.8, 4) is 17.2 Å². The zero-order chi connectivity index (χ0) is 19.1. The van der Waals surface area contributed by atoms with Crippen LogP contribution in [0.15, 0.2) is 72.8 Å². The molecule has 5 heteroatoms. The number of phenols is 1. The summed E-state index contributed by atoms with van der Waals surface area (Å²) in [6, 6.07) is 21.8. The number of hydrogen-bond acceptors (Lipinski definition) is 4. The predicted molar refractivity (Wildman–Crippen MR) is 108 cm³/mol. The van der Waals surface area contributed by atoms with Crippen molar-refractivity contribution in [1.82, 2.24) is 5.32 Å². The van der Waals surface area contributed by atoms with Gasteiger partial charge in [-0.05, 0) is 72.6 Å². The Morgan fingerprint density at radius 3 is 2.26 bits per heavy atom. The number of aromatic hydroxyl groups is 1. The van der Waals surface area contributed by atoms with E-state index < -0.39 is 6.10 Å². The van der Waals surface area contributed by atoms with E-state index >= 15 is 0 Å². The third kappa shape index (κ3) is 6.00. The summed E-state index contributed by atoms with van der Waals surface area (Å²) >= 11 is 5.95. The maximum Gasteiger partial charge on any atom is 0.127 e. The Labute approximate surface area is 164 Å². The lowest BCUT2D eigenvalue weighted by atomic mass is 10.1. The van der Waals surface area contributed by atoms with E-state index in [2.05, 4.69) is 5.32 Å². The molecule has 0 aliphatic heterocycles. The van der Waals surface area contributed by atoms with E-state index in [-0.39, 0.29) is 5.75 Å². The second-order valence-corrected chi connectivity index (χ2v) is 6.70. The maximum absolute atomic E-state index is 10.2. The molecule has 27 heavy (non-hydrogen) atoms. The van der Waals surface area contributed by atoms with E-state index in [4.69, 9.17) is 16.3 Å². The van der Waals surface area contributed by atoms with Gasteiger partial charge in [-0.3, -0.25) is 0 Å². The Hall–Kier alpha value is -2.53. The summed E-state index contributed by atoms with van der Waals surface area (Å²) in [4.78, 5) is 0. The van der Waals surface area contributed by atoms with Gasteiger partial charge < -0.3 is 20.3 Å². The number of phenolic OH excluding ortho intramolecular Hbond substituents is 1. The van der Waals surface area contributed by atoms with Gasteiger partial charge in [-0.25, -0.2) is 0 Å². The minimum Gasteiger partial charge on any atom is -0.508 e. The lowest BCUT2D eigenvalue weighted by Gasteiger charge is -2.12. The van der Waals surface area contributed by atoms with E-state index in [0.29, 0.717) is 17.3 Å². The molecule has 140 valence electrons. The molecular formula is C22H22ClNO3. The Morgan fingerprint density at radius 2 is 1.59 bits per heavy atom. The summed E-state index contributed by atoms with van der Waals surface area (Å²) in [5, 5.41) is 23.4. The van der Waals surface area contributed by atoms with Gasteiger partial charge in [-0.2, -0.15) is 0 Å². The Bertz CT molecular complexity index is 850. The smallest absolute Gasteiger partial charge is 0.127 e. The number of ether oxygens (including phenoxy) is 1. The quantitative estimate of drug-likeness (QED) is 0.493. The van der Waals surface area contributed by atoms with E-state index in [1.807, 2.05) is 36.4 Å². The molecule has 0 unspecified atom stereocenters. The molecule has 3 rings (SSSR count). The predicted octanol–water partition coefficient (Wildman–Crippen LogP) is 4.70. The number of aliphatic hydroxyl groups is 1. The fourth-order valence-corrected chi connectivity index (χ4v) is 2.88. The Balaban J connectivity index is 1.43. The van der Waals surface area contributed by atoms with Gasteiger partial charge in [-0.15, -0.1) is 0 Å². The first-order valence-electron chi connectivity index (χ1n) is 8.80. The topological polar surface area (TPSA) is 61.7 Å². The molecule has 3 N–H and O–H groups in total. The molecule has 0 saturated carbocycles. The Morgan fingerprint density at radius 1 is 0.926 bits per heavy atom. The Kier molecular flexibility index (Phi) is 6.71. The van der Waals surface area contributed by atoms with Gasteiger partial charge in [0, 0.05) is 11.6 Å². The normalized spacial score (nSPS) is 11.9. The summed E-state index contributed by atoms with van der Waals surface area (Å²) in [6.07, 6.45) is 0.270. The summed E-state index contributed by atoms with van der Waals surface area (Å²) in [7, 11) is 0. The number of benzene rings is 3. The fourth-order valence-electron chi connectivity index (χ4n) is 2.68. The number of hydrogen-bond donors (Lipinski definition) is 3. The highest BCUT2D eigenvalue weighted by Crippen LogP contribution is 2.23. The molecule has 3 aromatic carbocycles. The van der Waals surface area contributed by atoms with Gasteiger partial charge in [-0.1, -0.05) is 35.9 Å². The molecule has 0 heterocycles. The first-order valence-corrected chi connectivity index (χ1v) is 9.18. The molecule has 0 saturated heterocycles. The molecule has 0 aliphatic rings. The van der Waals surface area contributed by atoms with Crippen molar-refractivity contribution in [3.05, 3.63) is 88.9 Å². The third-order valence-electron chi connectivity index (χ3n) is 4.16. The van der Waals surface area contributed by atoms with Crippen molar-refractivity contribution in [2.45, 2.75) is 12.5 Å².